The smallest absolute Gasteiger partial charge is 0.0734 e. The molecule has 1 aliphatic rings. The van der Waals surface area contributed by atoms with E-state index in [0.717, 1.165) is 6.42 Å². The van der Waals surface area contributed by atoms with Crippen molar-refractivity contribution in [3.05, 3.63) is 11.6 Å². The fourth-order valence-corrected chi connectivity index (χ4v) is 2.01. The van der Waals surface area contributed by atoms with E-state index in [1.165, 1.54) is 31.3 Å². The molecule has 0 unspecified atom stereocenters. The highest BCUT2D eigenvalue weighted by Gasteiger charge is 2.17. The highest BCUT2D eigenvalue weighted by molar-refractivity contribution is 5.06. The van der Waals surface area contributed by atoms with Gasteiger partial charge in [0.15, 0.2) is 0 Å². The Labute approximate surface area is 82.2 Å². The van der Waals surface area contributed by atoms with Gasteiger partial charge in [0.2, 0.25) is 0 Å². The Kier molecular flexibility index (Phi) is 4.51. The molecule has 0 aromatic rings. The van der Waals surface area contributed by atoms with Crippen LogP contribution in [0.5, 0.6) is 0 Å². The minimum Gasteiger partial charge on any atom is -0.371 e. The van der Waals surface area contributed by atoms with E-state index in [0.29, 0.717) is 12.2 Å². The van der Waals surface area contributed by atoms with Crippen LogP contribution in [0.3, 0.4) is 0 Å². The second-order valence-electron chi connectivity index (χ2n) is 4.18. The largest absolute Gasteiger partial charge is 0.371 e. The van der Waals surface area contributed by atoms with Crippen molar-refractivity contribution >= 4 is 0 Å². The van der Waals surface area contributed by atoms with Gasteiger partial charge in [-0.1, -0.05) is 37.8 Å². The lowest BCUT2D eigenvalue weighted by Gasteiger charge is -2.26. The normalized spacial score (nSPS) is 28.7. The number of ether oxygens (including phenoxy) is 1. The van der Waals surface area contributed by atoms with Gasteiger partial charge >= 0.3 is 0 Å². The van der Waals surface area contributed by atoms with Gasteiger partial charge in [0.25, 0.3) is 0 Å². The van der Waals surface area contributed by atoms with Gasteiger partial charge in [-0.15, -0.1) is 0 Å². The lowest BCUT2D eigenvalue weighted by atomic mass is 10.00. The quantitative estimate of drug-likeness (QED) is 0.476. The molecular formula is C12H22O. The Morgan fingerprint density at radius 2 is 2.23 bits per heavy atom. The molecule has 0 fully saturated rings. The van der Waals surface area contributed by atoms with Crippen LogP contribution in [0.25, 0.3) is 0 Å². The molecule has 0 radical (unpaired) electrons. The molecule has 1 heteroatoms. The molecule has 0 aliphatic carbocycles. The third kappa shape index (κ3) is 3.95. The average Bonchev–Trinajstić information content (AvgIpc) is 2.03. The summed E-state index contributed by atoms with van der Waals surface area (Å²) >= 11 is 0. The van der Waals surface area contributed by atoms with Crippen LogP contribution in [-0.2, 0) is 4.74 Å². The van der Waals surface area contributed by atoms with Crippen LogP contribution in [0.1, 0.15) is 52.9 Å². The number of hydrogen-bond acceptors (Lipinski definition) is 1. The third-order valence-corrected chi connectivity index (χ3v) is 2.61. The summed E-state index contributed by atoms with van der Waals surface area (Å²) in [4.78, 5) is 0. The van der Waals surface area contributed by atoms with Crippen molar-refractivity contribution in [2.75, 3.05) is 0 Å². The summed E-state index contributed by atoms with van der Waals surface area (Å²) in [7, 11) is 0. The Bertz CT molecular complexity index is 172. The van der Waals surface area contributed by atoms with Gasteiger partial charge in [-0.05, 0) is 26.7 Å². The van der Waals surface area contributed by atoms with Gasteiger partial charge in [-0.3, -0.25) is 0 Å². The molecular weight excluding hydrogens is 160 g/mol. The summed E-state index contributed by atoms with van der Waals surface area (Å²) in [6.07, 6.45) is 9.41. The van der Waals surface area contributed by atoms with Crippen LogP contribution >= 0.6 is 0 Å². The van der Waals surface area contributed by atoms with E-state index in [9.17, 15) is 0 Å². The maximum Gasteiger partial charge on any atom is 0.0734 e. The minimum absolute atomic E-state index is 0.334. The summed E-state index contributed by atoms with van der Waals surface area (Å²) < 4.78 is 5.83. The Hall–Kier alpha value is -0.300. The van der Waals surface area contributed by atoms with Gasteiger partial charge in [0.05, 0.1) is 12.2 Å². The lowest BCUT2D eigenvalue weighted by Crippen LogP contribution is -2.23. The fourth-order valence-electron chi connectivity index (χ4n) is 2.01. The van der Waals surface area contributed by atoms with E-state index in [1.54, 1.807) is 0 Å². The van der Waals surface area contributed by atoms with Crippen LogP contribution in [0.4, 0.5) is 0 Å². The standard InChI is InChI=1S/C12H22O/c1-4-5-6-7-12-9-10(2)8-11(3)13-12/h8,11-12H,4-7,9H2,1-3H3/t11-,12+/m0/s1. The highest BCUT2D eigenvalue weighted by atomic mass is 16.5. The summed E-state index contributed by atoms with van der Waals surface area (Å²) in [6.45, 7) is 6.59. The van der Waals surface area contributed by atoms with Crippen molar-refractivity contribution < 1.29 is 4.74 Å². The van der Waals surface area contributed by atoms with Crippen LogP contribution in [0.15, 0.2) is 11.6 Å². The number of rotatable bonds is 4. The molecule has 0 spiro atoms. The van der Waals surface area contributed by atoms with Gasteiger partial charge in [0.1, 0.15) is 0 Å². The van der Waals surface area contributed by atoms with E-state index in [-0.39, 0.29) is 0 Å². The zero-order valence-electron chi connectivity index (χ0n) is 9.18. The zero-order chi connectivity index (χ0) is 9.68. The molecule has 0 saturated heterocycles. The third-order valence-electron chi connectivity index (χ3n) is 2.61. The summed E-state index contributed by atoms with van der Waals surface area (Å²) in [5, 5.41) is 0. The maximum absolute atomic E-state index is 5.83. The molecule has 0 N–H and O–H groups in total. The van der Waals surface area contributed by atoms with Crippen molar-refractivity contribution in [2.45, 2.75) is 65.1 Å². The second kappa shape index (κ2) is 5.43. The van der Waals surface area contributed by atoms with Gasteiger partial charge in [-0.2, -0.15) is 0 Å². The van der Waals surface area contributed by atoms with Crippen molar-refractivity contribution in [3.8, 4) is 0 Å². The first-order chi connectivity index (χ1) is 6.22. The monoisotopic (exact) mass is 182 g/mol. The minimum atomic E-state index is 0.334. The highest BCUT2D eigenvalue weighted by Crippen LogP contribution is 2.22. The number of hydrogen-bond donors (Lipinski definition) is 0. The SMILES string of the molecule is CCCCC[C@@H]1CC(C)=C[C@H](C)O1. The van der Waals surface area contributed by atoms with Crippen molar-refractivity contribution in [1.29, 1.82) is 0 Å². The molecule has 1 heterocycles. The Morgan fingerprint density at radius 1 is 1.46 bits per heavy atom. The molecule has 0 bridgehead atoms. The van der Waals surface area contributed by atoms with Crippen LogP contribution in [0.2, 0.25) is 0 Å². The lowest BCUT2D eigenvalue weighted by molar-refractivity contribution is 0.00660. The van der Waals surface area contributed by atoms with Gasteiger partial charge in [-0.25, -0.2) is 0 Å². The fraction of sp³-hybridized carbons (Fsp3) is 0.833. The molecule has 13 heavy (non-hydrogen) atoms. The molecule has 0 amide bonds. The molecule has 0 saturated carbocycles. The van der Waals surface area contributed by atoms with Crippen LogP contribution in [-0.4, -0.2) is 12.2 Å². The van der Waals surface area contributed by atoms with Crippen molar-refractivity contribution in [3.63, 3.8) is 0 Å². The van der Waals surface area contributed by atoms with E-state index in [1.807, 2.05) is 0 Å². The van der Waals surface area contributed by atoms with E-state index >= 15 is 0 Å². The van der Waals surface area contributed by atoms with Crippen molar-refractivity contribution in [1.82, 2.24) is 0 Å². The van der Waals surface area contributed by atoms with Crippen LogP contribution in [0, 0.1) is 0 Å². The summed E-state index contributed by atoms with van der Waals surface area (Å²) in [5.41, 5.74) is 1.50. The topological polar surface area (TPSA) is 9.23 Å². The maximum atomic E-state index is 5.83. The van der Waals surface area contributed by atoms with Crippen LogP contribution < -0.4 is 0 Å². The molecule has 1 nitrogen and oxygen atoms in total. The molecule has 76 valence electrons. The van der Waals surface area contributed by atoms with Crippen molar-refractivity contribution in [2.24, 2.45) is 0 Å². The first kappa shape index (κ1) is 10.8. The molecule has 2 atom stereocenters. The van der Waals surface area contributed by atoms with Gasteiger partial charge in [0, 0.05) is 0 Å². The molecule has 1 rings (SSSR count). The molecule has 0 aromatic heterocycles. The van der Waals surface area contributed by atoms with E-state index in [2.05, 4.69) is 26.8 Å². The average molecular weight is 182 g/mol. The summed E-state index contributed by atoms with van der Waals surface area (Å²) in [5.74, 6) is 0. The Morgan fingerprint density at radius 3 is 2.85 bits per heavy atom. The Balaban J connectivity index is 2.24. The first-order valence-electron chi connectivity index (χ1n) is 5.55. The predicted octanol–water partition coefficient (Wildman–Crippen LogP) is 3.69. The first-order valence-corrected chi connectivity index (χ1v) is 5.55. The van der Waals surface area contributed by atoms with E-state index in [4.69, 9.17) is 4.74 Å². The number of unbranched alkanes of at least 4 members (excludes halogenated alkanes) is 2. The molecule has 1 aliphatic heterocycles. The molecule has 0 aromatic carbocycles. The predicted molar refractivity (Wildman–Crippen MR) is 56.9 cm³/mol. The second-order valence-corrected chi connectivity index (χ2v) is 4.18. The van der Waals surface area contributed by atoms with Gasteiger partial charge < -0.3 is 4.74 Å². The summed E-state index contributed by atoms with van der Waals surface area (Å²) in [6, 6.07) is 0. The van der Waals surface area contributed by atoms with E-state index < -0.39 is 0 Å². The zero-order valence-corrected chi connectivity index (χ0v) is 9.18.